The number of aromatic nitrogens is 5. The van der Waals surface area contributed by atoms with E-state index in [2.05, 4.69) is 25.5 Å². The Morgan fingerprint density at radius 1 is 1.41 bits per heavy atom. The molecule has 17 heavy (non-hydrogen) atoms. The predicted octanol–water partition coefficient (Wildman–Crippen LogP) is 0.0500. The van der Waals surface area contributed by atoms with E-state index in [0.29, 0.717) is 12.6 Å². The Labute approximate surface area is 97.8 Å². The summed E-state index contributed by atoms with van der Waals surface area (Å²) in [6.07, 6.45) is 1.75. The van der Waals surface area contributed by atoms with Gasteiger partial charge in [0.05, 0.1) is 12.3 Å². The van der Waals surface area contributed by atoms with Crippen molar-refractivity contribution < 1.29 is 4.74 Å². The summed E-state index contributed by atoms with van der Waals surface area (Å²) in [5, 5.41) is 4.20. The first kappa shape index (κ1) is 11.3. The zero-order valence-corrected chi connectivity index (χ0v) is 9.58. The van der Waals surface area contributed by atoms with E-state index in [4.69, 9.17) is 10.6 Å². The molecule has 8 nitrogen and oxygen atoms in total. The van der Waals surface area contributed by atoms with Crippen molar-refractivity contribution in [2.24, 2.45) is 5.84 Å². The van der Waals surface area contributed by atoms with Crippen LogP contribution in [0.25, 0.3) is 5.95 Å². The highest BCUT2D eigenvalue weighted by atomic mass is 16.5. The van der Waals surface area contributed by atoms with Crippen molar-refractivity contribution in [2.75, 3.05) is 12.0 Å². The lowest BCUT2D eigenvalue weighted by Gasteiger charge is -2.06. The number of anilines is 1. The summed E-state index contributed by atoms with van der Waals surface area (Å²) in [4.78, 5) is 12.1. The molecule has 0 unspecified atom stereocenters. The molecule has 2 heterocycles. The molecule has 0 saturated carbocycles. The van der Waals surface area contributed by atoms with Gasteiger partial charge in [0.15, 0.2) is 0 Å². The maximum Gasteiger partial charge on any atom is 0.323 e. The van der Waals surface area contributed by atoms with Gasteiger partial charge in [0.25, 0.3) is 5.95 Å². The van der Waals surface area contributed by atoms with Gasteiger partial charge in [0.1, 0.15) is 0 Å². The smallest absolute Gasteiger partial charge is 0.323 e. The number of nitrogens with zero attached hydrogens (tertiary/aromatic N) is 5. The molecule has 8 heteroatoms. The fourth-order valence-corrected chi connectivity index (χ4v) is 1.23. The lowest BCUT2D eigenvalue weighted by Crippen LogP contribution is -2.15. The van der Waals surface area contributed by atoms with E-state index in [1.165, 1.54) is 4.68 Å². The van der Waals surface area contributed by atoms with Gasteiger partial charge in [-0.15, -0.1) is 0 Å². The van der Waals surface area contributed by atoms with Crippen LogP contribution in [0.5, 0.6) is 6.01 Å². The number of hydrazine groups is 1. The number of rotatable bonds is 4. The molecule has 0 radical (unpaired) electrons. The summed E-state index contributed by atoms with van der Waals surface area (Å²) in [5.41, 5.74) is 3.23. The first-order chi connectivity index (χ1) is 8.22. The van der Waals surface area contributed by atoms with Gasteiger partial charge in [-0.3, -0.25) is 5.43 Å². The maximum atomic E-state index is 5.28. The van der Waals surface area contributed by atoms with Crippen molar-refractivity contribution >= 4 is 5.95 Å². The monoisotopic (exact) mass is 235 g/mol. The standard InChI is InChI=1S/C9H13N7O/c1-3-17-9-12-7(14-10)11-8(13-9)16-5-4-6(2)15-16/h4-5H,3,10H2,1-2H3,(H,11,12,13,14). The maximum absolute atomic E-state index is 5.28. The van der Waals surface area contributed by atoms with Crippen molar-refractivity contribution in [3.63, 3.8) is 0 Å². The number of aryl methyl sites for hydroxylation is 1. The lowest BCUT2D eigenvalue weighted by molar-refractivity contribution is 0.311. The highest BCUT2D eigenvalue weighted by Crippen LogP contribution is 2.10. The molecule has 0 spiro atoms. The van der Waals surface area contributed by atoms with E-state index in [1.54, 1.807) is 6.20 Å². The number of hydrogen-bond donors (Lipinski definition) is 2. The van der Waals surface area contributed by atoms with Gasteiger partial charge in [-0.2, -0.15) is 20.1 Å². The van der Waals surface area contributed by atoms with Crippen LogP contribution in [-0.4, -0.2) is 31.3 Å². The summed E-state index contributed by atoms with van der Waals surface area (Å²) >= 11 is 0. The predicted molar refractivity (Wildman–Crippen MR) is 60.7 cm³/mol. The fraction of sp³-hybridized carbons (Fsp3) is 0.333. The van der Waals surface area contributed by atoms with E-state index in [-0.39, 0.29) is 12.0 Å². The van der Waals surface area contributed by atoms with Gasteiger partial charge < -0.3 is 4.74 Å². The van der Waals surface area contributed by atoms with Crippen molar-refractivity contribution in [3.05, 3.63) is 18.0 Å². The molecule has 0 bridgehead atoms. The van der Waals surface area contributed by atoms with E-state index in [1.807, 2.05) is 19.9 Å². The Bertz CT molecular complexity index is 510. The third-order valence-electron chi connectivity index (χ3n) is 1.93. The first-order valence-electron chi connectivity index (χ1n) is 5.11. The van der Waals surface area contributed by atoms with E-state index >= 15 is 0 Å². The van der Waals surface area contributed by atoms with Crippen molar-refractivity contribution in [2.45, 2.75) is 13.8 Å². The summed E-state index contributed by atoms with van der Waals surface area (Å²) in [6, 6.07) is 2.05. The van der Waals surface area contributed by atoms with Gasteiger partial charge in [-0.25, -0.2) is 10.5 Å². The molecule has 2 aromatic heterocycles. The fourth-order valence-electron chi connectivity index (χ4n) is 1.23. The summed E-state index contributed by atoms with van der Waals surface area (Å²) in [5.74, 6) is 5.86. The van der Waals surface area contributed by atoms with Crippen LogP contribution >= 0.6 is 0 Å². The molecule has 0 aliphatic rings. The Balaban J connectivity index is 2.42. The average Bonchev–Trinajstić information content (AvgIpc) is 2.76. The van der Waals surface area contributed by atoms with Crippen molar-refractivity contribution in [1.82, 2.24) is 24.7 Å². The second-order valence-corrected chi connectivity index (χ2v) is 3.22. The van der Waals surface area contributed by atoms with Gasteiger partial charge in [0, 0.05) is 6.20 Å². The second kappa shape index (κ2) is 4.74. The quantitative estimate of drug-likeness (QED) is 0.570. The van der Waals surface area contributed by atoms with Crippen LogP contribution in [0.2, 0.25) is 0 Å². The van der Waals surface area contributed by atoms with E-state index in [0.717, 1.165) is 5.69 Å². The topological polar surface area (TPSA) is 104 Å². The molecule has 0 aromatic carbocycles. The Hall–Kier alpha value is -2.22. The molecule has 0 aliphatic heterocycles. The number of hydrogen-bond acceptors (Lipinski definition) is 7. The van der Waals surface area contributed by atoms with Crippen LogP contribution in [0.15, 0.2) is 12.3 Å². The highest BCUT2D eigenvalue weighted by Gasteiger charge is 2.08. The lowest BCUT2D eigenvalue weighted by atomic mass is 10.5. The Kier molecular flexibility index (Phi) is 3.15. The van der Waals surface area contributed by atoms with Gasteiger partial charge in [-0.1, -0.05) is 0 Å². The summed E-state index contributed by atoms with van der Waals surface area (Å²) in [7, 11) is 0. The van der Waals surface area contributed by atoms with E-state index < -0.39 is 0 Å². The van der Waals surface area contributed by atoms with Crippen LogP contribution in [0.1, 0.15) is 12.6 Å². The summed E-state index contributed by atoms with van der Waals surface area (Å²) in [6.45, 7) is 4.19. The molecule has 0 fully saturated rings. The van der Waals surface area contributed by atoms with Crippen LogP contribution in [0.3, 0.4) is 0 Å². The number of ether oxygens (including phenoxy) is 1. The minimum Gasteiger partial charge on any atom is -0.464 e. The minimum atomic E-state index is 0.207. The molecular weight excluding hydrogens is 222 g/mol. The van der Waals surface area contributed by atoms with Crippen molar-refractivity contribution in [1.29, 1.82) is 0 Å². The van der Waals surface area contributed by atoms with Crippen LogP contribution in [0.4, 0.5) is 5.95 Å². The van der Waals surface area contributed by atoms with Crippen molar-refractivity contribution in [3.8, 4) is 12.0 Å². The molecule has 3 N–H and O–H groups in total. The first-order valence-corrected chi connectivity index (χ1v) is 5.11. The number of nitrogen functional groups attached to an aromatic ring is 1. The third-order valence-corrected chi connectivity index (χ3v) is 1.93. The Morgan fingerprint density at radius 2 is 2.24 bits per heavy atom. The third kappa shape index (κ3) is 2.48. The highest BCUT2D eigenvalue weighted by molar-refractivity contribution is 5.28. The van der Waals surface area contributed by atoms with Gasteiger partial charge >= 0.3 is 6.01 Å². The van der Waals surface area contributed by atoms with Crippen LogP contribution < -0.4 is 16.0 Å². The molecule has 2 aromatic rings. The van der Waals surface area contributed by atoms with Gasteiger partial charge in [0.2, 0.25) is 5.95 Å². The zero-order valence-electron chi connectivity index (χ0n) is 9.58. The molecule has 0 aliphatic carbocycles. The molecule has 2 rings (SSSR count). The molecule has 0 saturated heterocycles. The molecule has 0 atom stereocenters. The molecular formula is C9H13N7O. The minimum absolute atomic E-state index is 0.207. The summed E-state index contributed by atoms with van der Waals surface area (Å²) < 4.78 is 6.75. The number of nitrogens with two attached hydrogens (primary N) is 1. The average molecular weight is 235 g/mol. The van der Waals surface area contributed by atoms with Gasteiger partial charge in [-0.05, 0) is 19.9 Å². The molecule has 90 valence electrons. The normalized spacial score (nSPS) is 10.3. The van der Waals surface area contributed by atoms with Crippen LogP contribution in [-0.2, 0) is 0 Å². The van der Waals surface area contributed by atoms with E-state index in [9.17, 15) is 0 Å². The zero-order chi connectivity index (χ0) is 12.3. The SMILES string of the molecule is CCOc1nc(NN)nc(-n2ccc(C)n2)n1. The largest absolute Gasteiger partial charge is 0.464 e. The second-order valence-electron chi connectivity index (χ2n) is 3.22. The molecule has 0 amide bonds. The number of nitrogens with one attached hydrogen (secondary N) is 1. The Morgan fingerprint density at radius 3 is 2.82 bits per heavy atom. The van der Waals surface area contributed by atoms with Crippen LogP contribution in [0, 0.1) is 6.92 Å².